The summed E-state index contributed by atoms with van der Waals surface area (Å²) >= 11 is 0. The Hall–Kier alpha value is -3.07. The third-order valence-corrected chi connectivity index (χ3v) is 3.18. The van der Waals surface area contributed by atoms with Gasteiger partial charge in [0.15, 0.2) is 12.4 Å². The standard InChI is InChI=1S/C14H13N4O5.ClH/c1-15(2)11-5-7-16(8-6-11)14(19)10-3-4-12(17(20)21)13(9-10)18(22)23;/h3-9H,1-2H3;1H/q+1;/p-1. The number of rotatable bonds is 4. The number of nitro groups is 2. The zero-order chi connectivity index (χ0) is 17.1. The highest BCUT2D eigenvalue weighted by molar-refractivity contribution is 5.88. The van der Waals surface area contributed by atoms with Gasteiger partial charge in [-0.2, -0.15) is 0 Å². The van der Waals surface area contributed by atoms with E-state index in [9.17, 15) is 25.0 Å². The summed E-state index contributed by atoms with van der Waals surface area (Å²) in [5, 5.41) is 21.7. The molecule has 0 spiro atoms. The summed E-state index contributed by atoms with van der Waals surface area (Å²) in [6.07, 6.45) is 3.04. The van der Waals surface area contributed by atoms with E-state index in [1.54, 1.807) is 12.1 Å². The molecule has 0 bridgehead atoms. The SMILES string of the molecule is CN(C)c1cc[n+](C(=O)c2ccc([N+](=O)[O-])c([N+](=O)[O-])c2)cc1.[Cl-]. The van der Waals surface area contributed by atoms with Gasteiger partial charge in [0.05, 0.1) is 15.4 Å². The Bertz CT molecular complexity index is 792. The fourth-order valence-corrected chi connectivity index (χ4v) is 1.96. The van der Waals surface area contributed by atoms with Crippen molar-refractivity contribution < 1.29 is 31.6 Å². The van der Waals surface area contributed by atoms with Crippen molar-refractivity contribution in [1.29, 1.82) is 0 Å². The minimum Gasteiger partial charge on any atom is -1.00 e. The van der Waals surface area contributed by atoms with E-state index in [2.05, 4.69) is 0 Å². The predicted octanol–water partition coefficient (Wildman–Crippen LogP) is -1.45. The quantitative estimate of drug-likeness (QED) is 0.378. The Morgan fingerprint density at radius 3 is 2.00 bits per heavy atom. The number of nitrogens with zero attached hydrogens (tertiary/aromatic N) is 4. The number of halogens is 1. The number of benzene rings is 1. The van der Waals surface area contributed by atoms with Crippen LogP contribution in [0.4, 0.5) is 17.1 Å². The van der Waals surface area contributed by atoms with Crippen LogP contribution >= 0.6 is 0 Å². The highest BCUT2D eigenvalue weighted by atomic mass is 35.5. The average molecular weight is 353 g/mol. The van der Waals surface area contributed by atoms with E-state index in [1.165, 1.54) is 23.0 Å². The topological polar surface area (TPSA) is 110 Å². The van der Waals surface area contributed by atoms with Gasteiger partial charge in [0.2, 0.25) is 0 Å². The van der Waals surface area contributed by atoms with Crippen molar-refractivity contribution >= 4 is 23.0 Å². The summed E-state index contributed by atoms with van der Waals surface area (Å²) in [5.41, 5.74) is -0.500. The monoisotopic (exact) mass is 352 g/mol. The Morgan fingerprint density at radius 1 is 1.00 bits per heavy atom. The summed E-state index contributed by atoms with van der Waals surface area (Å²) in [7, 11) is 3.70. The van der Waals surface area contributed by atoms with Crippen molar-refractivity contribution in [3.05, 3.63) is 68.5 Å². The molecule has 0 atom stereocenters. The van der Waals surface area contributed by atoms with E-state index in [0.717, 1.165) is 17.8 Å². The molecule has 0 amide bonds. The lowest BCUT2D eigenvalue weighted by Crippen LogP contribution is -3.00. The molecule has 9 nitrogen and oxygen atoms in total. The predicted molar refractivity (Wildman–Crippen MR) is 80.4 cm³/mol. The Labute approximate surface area is 142 Å². The fraction of sp³-hybridized carbons (Fsp3) is 0.143. The Kier molecular flexibility index (Phi) is 5.90. The van der Waals surface area contributed by atoms with Crippen molar-refractivity contribution in [2.45, 2.75) is 0 Å². The minimum atomic E-state index is -0.880. The Balaban J connectivity index is 0.00000288. The van der Waals surface area contributed by atoms with E-state index >= 15 is 0 Å². The van der Waals surface area contributed by atoms with Gasteiger partial charge in [0, 0.05) is 44.0 Å². The zero-order valence-corrected chi connectivity index (χ0v) is 13.5. The van der Waals surface area contributed by atoms with Gasteiger partial charge >= 0.3 is 17.3 Å². The number of hydrogen-bond acceptors (Lipinski definition) is 6. The zero-order valence-electron chi connectivity index (χ0n) is 12.7. The lowest BCUT2D eigenvalue weighted by atomic mass is 10.1. The second-order valence-corrected chi connectivity index (χ2v) is 4.88. The van der Waals surface area contributed by atoms with Crippen LogP contribution < -0.4 is 21.9 Å². The normalized spacial score (nSPS) is 9.75. The van der Waals surface area contributed by atoms with Crippen molar-refractivity contribution in [3.63, 3.8) is 0 Å². The van der Waals surface area contributed by atoms with Crippen LogP contribution in [-0.2, 0) is 0 Å². The van der Waals surface area contributed by atoms with Crippen molar-refractivity contribution in [2.24, 2.45) is 0 Å². The molecule has 24 heavy (non-hydrogen) atoms. The minimum absolute atomic E-state index is 0. The Morgan fingerprint density at radius 2 is 1.54 bits per heavy atom. The maximum Gasteiger partial charge on any atom is 0.424 e. The number of hydrogen-bond donors (Lipinski definition) is 0. The van der Waals surface area contributed by atoms with Gasteiger partial charge in [-0.3, -0.25) is 20.2 Å². The van der Waals surface area contributed by atoms with Gasteiger partial charge in [-0.1, -0.05) is 0 Å². The van der Waals surface area contributed by atoms with Crippen molar-refractivity contribution in [3.8, 4) is 0 Å². The van der Waals surface area contributed by atoms with Gasteiger partial charge in [0.25, 0.3) is 0 Å². The molecule has 0 aliphatic carbocycles. The third-order valence-electron chi connectivity index (χ3n) is 3.18. The summed E-state index contributed by atoms with van der Waals surface area (Å²) in [4.78, 5) is 34.2. The molecule has 2 aromatic rings. The molecule has 1 aromatic carbocycles. The molecular weight excluding hydrogens is 340 g/mol. The van der Waals surface area contributed by atoms with Crippen LogP contribution in [0.3, 0.4) is 0 Å². The molecule has 0 fully saturated rings. The average Bonchev–Trinajstić information content (AvgIpc) is 2.53. The first kappa shape index (κ1) is 19.0. The molecule has 1 heterocycles. The van der Waals surface area contributed by atoms with E-state index < -0.39 is 27.1 Å². The van der Waals surface area contributed by atoms with Crippen LogP contribution in [0.5, 0.6) is 0 Å². The second-order valence-electron chi connectivity index (χ2n) is 4.88. The van der Waals surface area contributed by atoms with Crippen molar-refractivity contribution in [2.75, 3.05) is 19.0 Å². The fourth-order valence-electron chi connectivity index (χ4n) is 1.96. The van der Waals surface area contributed by atoms with Crippen LogP contribution in [0.25, 0.3) is 0 Å². The van der Waals surface area contributed by atoms with Gasteiger partial charge in [-0.15, -0.1) is 4.57 Å². The molecule has 0 N–H and O–H groups in total. The highest BCUT2D eigenvalue weighted by Gasteiger charge is 2.28. The summed E-state index contributed by atoms with van der Waals surface area (Å²) in [6, 6.07) is 6.48. The third kappa shape index (κ3) is 3.82. The van der Waals surface area contributed by atoms with E-state index in [4.69, 9.17) is 0 Å². The molecule has 2 rings (SSSR count). The first-order chi connectivity index (χ1) is 10.8. The number of pyridine rings is 1. The van der Waals surface area contributed by atoms with Crippen LogP contribution in [0.1, 0.15) is 10.4 Å². The maximum atomic E-state index is 12.3. The van der Waals surface area contributed by atoms with Crippen LogP contribution in [-0.4, -0.2) is 29.8 Å². The van der Waals surface area contributed by atoms with Crippen LogP contribution in [0.2, 0.25) is 0 Å². The molecule has 0 aliphatic heterocycles. The maximum absolute atomic E-state index is 12.3. The van der Waals surface area contributed by atoms with Crippen molar-refractivity contribution in [1.82, 2.24) is 0 Å². The number of nitro benzene ring substituents is 2. The summed E-state index contributed by atoms with van der Waals surface area (Å²) in [6.45, 7) is 0. The number of carbonyl (C=O) groups is 1. The van der Waals surface area contributed by atoms with Gasteiger partial charge < -0.3 is 17.3 Å². The second kappa shape index (κ2) is 7.47. The van der Waals surface area contributed by atoms with Gasteiger partial charge in [0.1, 0.15) is 0 Å². The summed E-state index contributed by atoms with van der Waals surface area (Å²) < 4.78 is 1.25. The lowest BCUT2D eigenvalue weighted by Gasteiger charge is -2.09. The van der Waals surface area contributed by atoms with Crippen LogP contribution in [0, 0.1) is 20.2 Å². The van der Waals surface area contributed by atoms with Gasteiger partial charge in [-0.25, -0.2) is 4.79 Å². The first-order valence-corrected chi connectivity index (χ1v) is 6.47. The van der Waals surface area contributed by atoms with Gasteiger partial charge in [-0.05, 0) is 6.07 Å². The van der Waals surface area contributed by atoms with E-state index in [0.29, 0.717) is 0 Å². The molecule has 0 saturated carbocycles. The lowest BCUT2D eigenvalue weighted by molar-refractivity contribution is -0.570. The number of carbonyl (C=O) groups excluding carboxylic acids is 1. The molecule has 10 heteroatoms. The molecule has 1 aromatic heterocycles. The molecule has 0 saturated heterocycles. The molecule has 0 radical (unpaired) electrons. The van der Waals surface area contributed by atoms with E-state index in [1.807, 2.05) is 19.0 Å². The number of aromatic nitrogens is 1. The largest absolute Gasteiger partial charge is 1.00 e. The van der Waals surface area contributed by atoms with E-state index in [-0.39, 0.29) is 18.0 Å². The highest BCUT2D eigenvalue weighted by Crippen LogP contribution is 2.27. The van der Waals surface area contributed by atoms with Crippen LogP contribution in [0.15, 0.2) is 42.7 Å². The first-order valence-electron chi connectivity index (χ1n) is 6.47. The smallest absolute Gasteiger partial charge is 0.424 e. The molecule has 126 valence electrons. The summed E-state index contributed by atoms with van der Waals surface area (Å²) in [5.74, 6) is -0.520. The number of anilines is 1. The molecule has 0 unspecified atom stereocenters. The molecular formula is C14H13ClN4O5. The molecule has 0 aliphatic rings.